The molecule has 7 nitrogen and oxygen atoms in total. The zero-order valence-corrected chi connectivity index (χ0v) is 12.5. The number of carbonyl (C=O) groups is 1. The van der Waals surface area contributed by atoms with Gasteiger partial charge < -0.3 is 15.2 Å². The van der Waals surface area contributed by atoms with Gasteiger partial charge in [-0.1, -0.05) is 26.8 Å². The highest BCUT2D eigenvalue weighted by Crippen LogP contribution is 2.29. The minimum Gasteiger partial charge on any atom is -0.502 e. The van der Waals surface area contributed by atoms with Crippen LogP contribution < -0.4 is 5.32 Å². The van der Waals surface area contributed by atoms with Crippen molar-refractivity contribution in [2.45, 2.75) is 26.9 Å². The molecule has 21 heavy (non-hydrogen) atoms. The van der Waals surface area contributed by atoms with E-state index < -0.39 is 22.3 Å². The molecule has 0 spiro atoms. The van der Waals surface area contributed by atoms with Gasteiger partial charge in [0, 0.05) is 19.7 Å². The molecule has 2 N–H and O–H groups in total. The van der Waals surface area contributed by atoms with Crippen LogP contribution in [-0.2, 0) is 4.74 Å². The third kappa shape index (κ3) is 4.16. The van der Waals surface area contributed by atoms with Crippen LogP contribution in [0.2, 0.25) is 0 Å². The van der Waals surface area contributed by atoms with Crippen LogP contribution in [0.15, 0.2) is 18.2 Å². The summed E-state index contributed by atoms with van der Waals surface area (Å²) in [7, 11) is 1.55. The summed E-state index contributed by atoms with van der Waals surface area (Å²) in [6.45, 7) is 6.15. The third-order valence-electron chi connectivity index (χ3n) is 3.15. The van der Waals surface area contributed by atoms with Crippen LogP contribution in [0.4, 0.5) is 5.69 Å². The molecular weight excluding hydrogens is 276 g/mol. The number of hydrogen-bond acceptors (Lipinski definition) is 5. The van der Waals surface area contributed by atoms with Crippen LogP contribution in [0.5, 0.6) is 5.75 Å². The van der Waals surface area contributed by atoms with Gasteiger partial charge in [0.2, 0.25) is 5.75 Å². The van der Waals surface area contributed by atoms with Gasteiger partial charge in [-0.2, -0.15) is 0 Å². The molecule has 116 valence electrons. The van der Waals surface area contributed by atoms with Gasteiger partial charge in [-0.05, 0) is 11.5 Å². The molecule has 0 aliphatic rings. The number of benzene rings is 1. The Labute approximate surface area is 123 Å². The van der Waals surface area contributed by atoms with E-state index in [9.17, 15) is 20.0 Å². The number of phenolic OH excluding ortho intramolecular Hbond substituents is 1. The van der Waals surface area contributed by atoms with E-state index in [1.54, 1.807) is 7.11 Å². The van der Waals surface area contributed by atoms with Crippen molar-refractivity contribution in [2.75, 3.05) is 13.7 Å². The van der Waals surface area contributed by atoms with Gasteiger partial charge in [0.15, 0.2) is 0 Å². The highest BCUT2D eigenvalue weighted by Gasteiger charge is 2.26. The molecule has 0 saturated heterocycles. The Hall–Kier alpha value is -2.15. The van der Waals surface area contributed by atoms with Gasteiger partial charge in [-0.3, -0.25) is 14.9 Å². The highest BCUT2D eigenvalue weighted by atomic mass is 16.6. The maximum Gasteiger partial charge on any atom is 0.311 e. The van der Waals surface area contributed by atoms with Crippen molar-refractivity contribution in [1.29, 1.82) is 0 Å². The van der Waals surface area contributed by atoms with E-state index >= 15 is 0 Å². The number of rotatable bonds is 5. The molecule has 1 aromatic rings. The van der Waals surface area contributed by atoms with E-state index in [1.165, 1.54) is 12.1 Å². The maximum atomic E-state index is 12.0. The SMILES string of the molecule is CO[C@@H](CNC(=O)c1cccc([N+](=O)[O-])c1O)C(C)(C)C. The van der Waals surface area contributed by atoms with Crippen LogP contribution in [0, 0.1) is 15.5 Å². The van der Waals surface area contributed by atoms with E-state index in [0.717, 1.165) is 6.07 Å². The quantitative estimate of drug-likeness (QED) is 0.640. The Morgan fingerprint density at radius 2 is 2.10 bits per heavy atom. The Bertz CT molecular complexity index is 537. The van der Waals surface area contributed by atoms with Crippen molar-refractivity contribution in [1.82, 2.24) is 5.32 Å². The summed E-state index contributed by atoms with van der Waals surface area (Å²) in [5, 5.41) is 23.1. The van der Waals surface area contributed by atoms with Gasteiger partial charge in [-0.15, -0.1) is 0 Å². The lowest BCUT2D eigenvalue weighted by atomic mass is 9.89. The smallest absolute Gasteiger partial charge is 0.311 e. The summed E-state index contributed by atoms with van der Waals surface area (Å²) in [6.07, 6.45) is -0.220. The maximum absolute atomic E-state index is 12.0. The summed E-state index contributed by atoms with van der Waals surface area (Å²) in [5.41, 5.74) is -0.804. The molecule has 7 heteroatoms. The molecule has 0 aliphatic carbocycles. The van der Waals surface area contributed by atoms with E-state index in [-0.39, 0.29) is 23.6 Å². The van der Waals surface area contributed by atoms with Crippen molar-refractivity contribution in [2.24, 2.45) is 5.41 Å². The first-order valence-corrected chi connectivity index (χ1v) is 6.45. The van der Waals surface area contributed by atoms with Gasteiger partial charge in [0.05, 0.1) is 16.6 Å². The van der Waals surface area contributed by atoms with Crippen LogP contribution in [0.1, 0.15) is 31.1 Å². The lowest BCUT2D eigenvalue weighted by Gasteiger charge is -2.29. The van der Waals surface area contributed by atoms with Crippen molar-refractivity contribution in [3.63, 3.8) is 0 Å². The normalized spacial score (nSPS) is 12.8. The van der Waals surface area contributed by atoms with Crippen LogP contribution >= 0.6 is 0 Å². The number of phenols is 1. The minimum absolute atomic E-state index is 0.132. The number of methoxy groups -OCH3 is 1. The van der Waals surface area contributed by atoms with Gasteiger partial charge in [0.25, 0.3) is 5.91 Å². The summed E-state index contributed by atoms with van der Waals surface area (Å²) in [6, 6.07) is 3.82. The molecule has 1 aromatic carbocycles. The average Bonchev–Trinajstić information content (AvgIpc) is 2.37. The van der Waals surface area contributed by atoms with Gasteiger partial charge in [-0.25, -0.2) is 0 Å². The molecule has 0 fully saturated rings. The molecule has 0 bridgehead atoms. The van der Waals surface area contributed by atoms with Gasteiger partial charge in [0.1, 0.15) is 0 Å². The first kappa shape index (κ1) is 16.9. The number of nitrogens with one attached hydrogen (secondary N) is 1. The molecule has 1 rings (SSSR count). The second-order valence-electron chi connectivity index (χ2n) is 5.73. The number of nitro groups is 1. The average molecular weight is 296 g/mol. The Morgan fingerprint density at radius 3 is 2.57 bits per heavy atom. The lowest BCUT2D eigenvalue weighted by Crippen LogP contribution is -2.40. The van der Waals surface area contributed by atoms with Crippen molar-refractivity contribution >= 4 is 11.6 Å². The summed E-state index contributed by atoms with van der Waals surface area (Å²) in [5.74, 6) is -1.22. The second-order valence-corrected chi connectivity index (χ2v) is 5.73. The van der Waals surface area contributed by atoms with Crippen LogP contribution in [0.3, 0.4) is 0 Å². The van der Waals surface area contributed by atoms with E-state index in [2.05, 4.69) is 5.32 Å². The number of nitrogens with zero attached hydrogens (tertiary/aromatic N) is 1. The van der Waals surface area contributed by atoms with Crippen molar-refractivity contribution in [3.05, 3.63) is 33.9 Å². The molecule has 0 aromatic heterocycles. The van der Waals surface area contributed by atoms with E-state index in [4.69, 9.17) is 4.74 Å². The molecular formula is C14H20N2O5. The standard InChI is InChI=1S/C14H20N2O5/c1-14(2,3)11(21-4)8-15-13(18)9-6-5-7-10(12(9)17)16(19)20/h5-7,11,17H,8H2,1-4H3,(H,15,18)/t11-/m0/s1. The fourth-order valence-corrected chi connectivity index (χ4v) is 1.89. The number of ether oxygens (including phenoxy) is 1. The fraction of sp³-hybridized carbons (Fsp3) is 0.500. The molecule has 0 heterocycles. The van der Waals surface area contributed by atoms with Crippen molar-refractivity contribution < 1.29 is 19.6 Å². The molecule has 0 radical (unpaired) electrons. The fourth-order valence-electron chi connectivity index (χ4n) is 1.89. The molecule has 0 saturated carbocycles. The number of para-hydroxylation sites is 1. The summed E-state index contributed by atoms with van der Waals surface area (Å²) >= 11 is 0. The number of nitro benzene ring substituents is 1. The summed E-state index contributed by atoms with van der Waals surface area (Å²) < 4.78 is 5.31. The topological polar surface area (TPSA) is 102 Å². The first-order valence-electron chi connectivity index (χ1n) is 6.45. The molecule has 1 atom stereocenters. The van der Waals surface area contributed by atoms with Crippen LogP contribution in [-0.4, -0.2) is 35.7 Å². The second kappa shape index (κ2) is 6.53. The number of carbonyl (C=O) groups excluding carboxylic acids is 1. The highest BCUT2D eigenvalue weighted by molar-refractivity contribution is 5.98. The lowest BCUT2D eigenvalue weighted by molar-refractivity contribution is -0.385. The Morgan fingerprint density at radius 1 is 1.48 bits per heavy atom. The zero-order chi connectivity index (χ0) is 16.2. The Balaban J connectivity index is 2.86. The van der Waals surface area contributed by atoms with Crippen LogP contribution in [0.25, 0.3) is 0 Å². The number of amides is 1. The minimum atomic E-state index is -0.737. The van der Waals surface area contributed by atoms with Gasteiger partial charge >= 0.3 is 5.69 Å². The largest absolute Gasteiger partial charge is 0.502 e. The number of aromatic hydroxyl groups is 1. The number of hydrogen-bond donors (Lipinski definition) is 2. The Kier molecular flexibility index (Phi) is 5.26. The molecule has 0 aliphatic heterocycles. The summed E-state index contributed by atoms with van der Waals surface area (Å²) in [4.78, 5) is 22.0. The predicted molar refractivity (Wildman–Crippen MR) is 77.3 cm³/mol. The first-order chi connectivity index (χ1) is 9.68. The predicted octanol–water partition coefficient (Wildman–Crippen LogP) is 2.09. The van der Waals surface area contributed by atoms with E-state index in [0.29, 0.717) is 0 Å². The molecule has 0 unspecified atom stereocenters. The van der Waals surface area contributed by atoms with E-state index in [1.807, 2.05) is 20.8 Å². The monoisotopic (exact) mass is 296 g/mol. The molecule has 1 amide bonds. The third-order valence-corrected chi connectivity index (χ3v) is 3.15. The zero-order valence-electron chi connectivity index (χ0n) is 12.5. The van der Waals surface area contributed by atoms with Crippen molar-refractivity contribution in [3.8, 4) is 5.75 Å².